The number of carbonyl (C=O) groups is 1. The van der Waals surface area contributed by atoms with Crippen LogP contribution in [0.15, 0.2) is 55.2 Å². The second kappa shape index (κ2) is 10.5. The van der Waals surface area contributed by atoms with Gasteiger partial charge < -0.3 is 19.7 Å². The van der Waals surface area contributed by atoms with Crippen LogP contribution in [0.3, 0.4) is 0 Å². The third-order valence-corrected chi connectivity index (χ3v) is 4.90. The fourth-order valence-corrected chi connectivity index (χ4v) is 3.22. The van der Waals surface area contributed by atoms with Gasteiger partial charge in [0.05, 0.1) is 26.1 Å². The Kier molecular flexibility index (Phi) is 7.08. The number of nitrogens with one attached hydrogen (secondary N) is 2. The number of nitrogens with zero attached hydrogens (tertiary/aromatic N) is 6. The third-order valence-electron chi connectivity index (χ3n) is 4.90. The Labute approximate surface area is 194 Å². The molecule has 0 amide bonds. The van der Waals surface area contributed by atoms with Crippen LogP contribution in [0, 0.1) is 5.82 Å². The van der Waals surface area contributed by atoms with Crippen molar-refractivity contribution < 1.29 is 19.0 Å². The Morgan fingerprint density at radius 1 is 1.24 bits per heavy atom. The molecule has 0 spiro atoms. The molecule has 11 nitrogen and oxygen atoms in total. The standard InChI is InChI=1S/C22H23FN8O3/c1-34-19(33)14-31-13-17(11-27-31)16-4-2-3-15(9-16)10-25-20-18(23)12-26-21(28-20)29-22-24-5-6-30(22)7-8-32/h2-6,9,11-13,32H,7-8,10,14H2,1H3,(H2,24,25,26,28,29). The smallest absolute Gasteiger partial charge is 0.327 e. The zero-order chi connectivity index (χ0) is 23.9. The molecule has 0 aliphatic heterocycles. The first-order valence-electron chi connectivity index (χ1n) is 10.4. The lowest BCUT2D eigenvalue weighted by molar-refractivity contribution is -0.141. The maximum atomic E-state index is 14.3. The summed E-state index contributed by atoms with van der Waals surface area (Å²) in [6.07, 6.45) is 7.77. The number of aliphatic hydroxyl groups excluding tert-OH is 1. The number of aliphatic hydroxyl groups is 1. The number of imidazole rings is 1. The number of esters is 1. The number of halogens is 1. The largest absolute Gasteiger partial charge is 0.468 e. The summed E-state index contributed by atoms with van der Waals surface area (Å²) in [5, 5.41) is 19.2. The van der Waals surface area contributed by atoms with Gasteiger partial charge in [-0.05, 0) is 17.2 Å². The summed E-state index contributed by atoms with van der Waals surface area (Å²) in [5.41, 5.74) is 2.63. The minimum atomic E-state index is -0.593. The van der Waals surface area contributed by atoms with E-state index in [9.17, 15) is 9.18 Å². The predicted molar refractivity (Wildman–Crippen MR) is 122 cm³/mol. The van der Waals surface area contributed by atoms with Gasteiger partial charge in [0.25, 0.3) is 0 Å². The summed E-state index contributed by atoms with van der Waals surface area (Å²) in [5.74, 6) is -0.336. The summed E-state index contributed by atoms with van der Waals surface area (Å²) in [7, 11) is 1.33. The maximum absolute atomic E-state index is 14.3. The van der Waals surface area contributed by atoms with Crippen molar-refractivity contribution in [3.8, 4) is 11.1 Å². The average Bonchev–Trinajstić information content (AvgIpc) is 3.49. The first-order valence-corrected chi connectivity index (χ1v) is 10.4. The second-order valence-corrected chi connectivity index (χ2v) is 7.24. The van der Waals surface area contributed by atoms with Gasteiger partial charge in [0, 0.05) is 37.2 Å². The van der Waals surface area contributed by atoms with Crippen LogP contribution >= 0.6 is 0 Å². The van der Waals surface area contributed by atoms with Gasteiger partial charge in [0.1, 0.15) is 6.54 Å². The van der Waals surface area contributed by atoms with Crippen molar-refractivity contribution in [1.29, 1.82) is 0 Å². The lowest BCUT2D eigenvalue weighted by Crippen LogP contribution is -2.11. The molecule has 0 radical (unpaired) electrons. The molecule has 0 aliphatic rings. The molecule has 0 saturated carbocycles. The highest BCUT2D eigenvalue weighted by Crippen LogP contribution is 2.21. The summed E-state index contributed by atoms with van der Waals surface area (Å²) < 4.78 is 22.2. The van der Waals surface area contributed by atoms with E-state index in [1.54, 1.807) is 29.4 Å². The third kappa shape index (κ3) is 5.53. The van der Waals surface area contributed by atoms with Gasteiger partial charge in [-0.1, -0.05) is 18.2 Å². The number of ether oxygens (including phenoxy) is 1. The van der Waals surface area contributed by atoms with E-state index in [4.69, 9.17) is 5.11 Å². The van der Waals surface area contributed by atoms with Crippen molar-refractivity contribution in [3.63, 3.8) is 0 Å². The Bertz CT molecular complexity index is 1270. The monoisotopic (exact) mass is 466 g/mol. The molecule has 3 N–H and O–H groups in total. The maximum Gasteiger partial charge on any atom is 0.327 e. The summed E-state index contributed by atoms with van der Waals surface area (Å²) in [4.78, 5) is 23.7. The minimum absolute atomic E-state index is 0.0291. The Balaban J connectivity index is 1.44. The first kappa shape index (κ1) is 22.9. The quantitative estimate of drug-likeness (QED) is 0.301. The fourth-order valence-electron chi connectivity index (χ4n) is 3.22. The van der Waals surface area contributed by atoms with Gasteiger partial charge in [-0.25, -0.2) is 14.4 Å². The van der Waals surface area contributed by atoms with Crippen LogP contribution in [-0.2, 0) is 29.2 Å². The molecule has 3 aromatic heterocycles. The molecule has 0 atom stereocenters. The van der Waals surface area contributed by atoms with Crippen molar-refractivity contribution in [2.45, 2.75) is 19.6 Å². The molecular weight excluding hydrogens is 443 g/mol. The number of hydrogen-bond donors (Lipinski definition) is 3. The van der Waals surface area contributed by atoms with Crippen LogP contribution in [0.1, 0.15) is 5.56 Å². The Morgan fingerprint density at radius 2 is 2.12 bits per heavy atom. The Hall–Kier alpha value is -4.32. The summed E-state index contributed by atoms with van der Waals surface area (Å²) >= 11 is 0. The minimum Gasteiger partial charge on any atom is -0.468 e. The van der Waals surface area contributed by atoms with Crippen LogP contribution in [0.5, 0.6) is 0 Å². The molecule has 4 aromatic rings. The van der Waals surface area contributed by atoms with E-state index in [2.05, 4.69) is 35.4 Å². The zero-order valence-corrected chi connectivity index (χ0v) is 18.3. The highest BCUT2D eigenvalue weighted by molar-refractivity contribution is 5.69. The van der Waals surface area contributed by atoms with E-state index in [0.717, 1.165) is 22.9 Å². The molecule has 0 saturated heterocycles. The van der Waals surface area contributed by atoms with Crippen LogP contribution in [0.2, 0.25) is 0 Å². The van der Waals surface area contributed by atoms with Gasteiger partial charge in [0.2, 0.25) is 11.9 Å². The Morgan fingerprint density at radius 3 is 2.94 bits per heavy atom. The molecule has 0 bridgehead atoms. The van der Waals surface area contributed by atoms with Crippen molar-refractivity contribution >= 4 is 23.7 Å². The normalized spacial score (nSPS) is 10.8. The first-order chi connectivity index (χ1) is 16.6. The zero-order valence-electron chi connectivity index (χ0n) is 18.3. The van der Waals surface area contributed by atoms with Crippen molar-refractivity contribution in [3.05, 3.63) is 66.6 Å². The number of anilines is 3. The van der Waals surface area contributed by atoms with Crippen molar-refractivity contribution in [1.82, 2.24) is 29.3 Å². The van der Waals surface area contributed by atoms with Gasteiger partial charge in [-0.3, -0.25) is 14.8 Å². The van der Waals surface area contributed by atoms with E-state index in [0.29, 0.717) is 19.0 Å². The molecule has 1 aromatic carbocycles. The SMILES string of the molecule is COC(=O)Cn1cc(-c2cccc(CNc3nc(Nc4nccn4CCO)ncc3F)c2)cn1. The van der Waals surface area contributed by atoms with E-state index in [1.807, 2.05) is 24.3 Å². The molecule has 0 fully saturated rings. The molecule has 4 rings (SSSR count). The highest BCUT2D eigenvalue weighted by Gasteiger charge is 2.11. The molecule has 12 heteroatoms. The lowest BCUT2D eigenvalue weighted by Gasteiger charge is -2.11. The second-order valence-electron chi connectivity index (χ2n) is 7.24. The molecule has 176 valence electrons. The molecule has 3 heterocycles. The molecular formula is C22H23FN8O3. The number of carbonyl (C=O) groups excluding carboxylic acids is 1. The van der Waals surface area contributed by atoms with E-state index >= 15 is 0 Å². The topological polar surface area (TPSA) is 132 Å². The van der Waals surface area contributed by atoms with Gasteiger partial charge in [-0.2, -0.15) is 10.1 Å². The van der Waals surface area contributed by atoms with E-state index in [-0.39, 0.29) is 30.9 Å². The molecule has 0 aliphatic carbocycles. The van der Waals surface area contributed by atoms with Crippen molar-refractivity contribution in [2.24, 2.45) is 0 Å². The van der Waals surface area contributed by atoms with Crippen LogP contribution < -0.4 is 10.6 Å². The highest BCUT2D eigenvalue weighted by atomic mass is 19.1. The number of methoxy groups -OCH3 is 1. The summed E-state index contributed by atoms with van der Waals surface area (Å²) in [6, 6.07) is 7.65. The van der Waals surface area contributed by atoms with Crippen LogP contribution in [0.25, 0.3) is 11.1 Å². The van der Waals surface area contributed by atoms with Crippen molar-refractivity contribution in [2.75, 3.05) is 24.4 Å². The van der Waals surface area contributed by atoms with Gasteiger partial charge >= 0.3 is 5.97 Å². The van der Waals surface area contributed by atoms with E-state index < -0.39 is 5.82 Å². The fraction of sp³-hybridized carbons (Fsp3) is 0.227. The van der Waals surface area contributed by atoms with Gasteiger partial charge in [0.15, 0.2) is 11.6 Å². The van der Waals surface area contributed by atoms with E-state index in [1.165, 1.54) is 11.8 Å². The molecule has 0 unspecified atom stereocenters. The van der Waals surface area contributed by atoms with Crippen LogP contribution in [0.4, 0.5) is 22.1 Å². The average molecular weight is 466 g/mol. The van der Waals surface area contributed by atoms with Crippen LogP contribution in [-0.4, -0.2) is 54.1 Å². The summed E-state index contributed by atoms with van der Waals surface area (Å²) in [6.45, 7) is 0.651. The lowest BCUT2D eigenvalue weighted by atomic mass is 10.1. The number of rotatable bonds is 10. The number of benzene rings is 1. The molecule has 34 heavy (non-hydrogen) atoms. The number of hydrogen-bond acceptors (Lipinski definition) is 9. The van der Waals surface area contributed by atoms with Gasteiger partial charge in [-0.15, -0.1) is 0 Å². The number of aromatic nitrogens is 6. The predicted octanol–water partition coefficient (Wildman–Crippen LogP) is 2.20.